The van der Waals surface area contributed by atoms with Gasteiger partial charge in [-0.1, -0.05) is 23.4 Å². The number of anilines is 1. The molecule has 1 aromatic carbocycles. The molecule has 9 heteroatoms. The van der Waals surface area contributed by atoms with Crippen molar-refractivity contribution in [1.29, 1.82) is 0 Å². The van der Waals surface area contributed by atoms with Crippen molar-refractivity contribution in [1.82, 2.24) is 19.7 Å². The molecule has 0 unspecified atom stereocenters. The van der Waals surface area contributed by atoms with E-state index in [2.05, 4.69) is 25.1 Å². The van der Waals surface area contributed by atoms with Crippen LogP contribution in [0.5, 0.6) is 5.75 Å². The van der Waals surface area contributed by atoms with Crippen LogP contribution in [0.25, 0.3) is 11.4 Å². The summed E-state index contributed by atoms with van der Waals surface area (Å²) in [5, 5.41) is 12.7. The number of benzene rings is 1. The molecule has 1 N–H and O–H groups in total. The minimum absolute atomic E-state index is 0.139. The van der Waals surface area contributed by atoms with E-state index >= 15 is 0 Å². The van der Waals surface area contributed by atoms with Crippen LogP contribution in [0.1, 0.15) is 18.9 Å². The van der Waals surface area contributed by atoms with Crippen LogP contribution in [-0.4, -0.2) is 38.5 Å². The normalized spacial score (nSPS) is 13.4. The van der Waals surface area contributed by atoms with E-state index in [0.29, 0.717) is 22.5 Å². The van der Waals surface area contributed by atoms with Gasteiger partial charge in [-0.05, 0) is 43.2 Å². The van der Waals surface area contributed by atoms with Gasteiger partial charge in [0.1, 0.15) is 5.75 Å². The number of carbonyl (C=O) groups excluding carboxylic acids is 1. The number of rotatable bonds is 7. The Hall–Kier alpha value is -2.58. The Morgan fingerprint density at radius 3 is 2.89 bits per heavy atom. The SMILES string of the molecule is COc1ccc(NC(=O)CSc2nnc(-c3cccnc3)n2C2CC2)cc1Cl. The van der Waals surface area contributed by atoms with Crippen molar-refractivity contribution in [2.75, 3.05) is 18.2 Å². The predicted octanol–water partition coefficient (Wildman–Crippen LogP) is 4.07. The summed E-state index contributed by atoms with van der Waals surface area (Å²) < 4.78 is 7.23. The summed E-state index contributed by atoms with van der Waals surface area (Å²) in [5.74, 6) is 1.44. The molecule has 7 nitrogen and oxygen atoms in total. The first kappa shape index (κ1) is 18.8. The molecule has 2 heterocycles. The highest BCUT2D eigenvalue weighted by atomic mass is 35.5. The van der Waals surface area contributed by atoms with Crippen LogP contribution in [0, 0.1) is 0 Å². The van der Waals surface area contributed by atoms with Crippen molar-refractivity contribution >= 4 is 35.0 Å². The maximum absolute atomic E-state index is 12.4. The Balaban J connectivity index is 1.44. The zero-order chi connectivity index (χ0) is 19.5. The Kier molecular flexibility index (Phi) is 5.50. The van der Waals surface area contributed by atoms with E-state index < -0.39 is 0 Å². The van der Waals surface area contributed by atoms with Gasteiger partial charge in [0.15, 0.2) is 11.0 Å². The van der Waals surface area contributed by atoms with Gasteiger partial charge in [-0.15, -0.1) is 10.2 Å². The van der Waals surface area contributed by atoms with Gasteiger partial charge in [0, 0.05) is 29.7 Å². The number of hydrogen-bond donors (Lipinski definition) is 1. The second-order valence-electron chi connectivity index (χ2n) is 6.34. The topological polar surface area (TPSA) is 81.9 Å². The van der Waals surface area contributed by atoms with Crippen LogP contribution in [-0.2, 0) is 4.79 Å². The lowest BCUT2D eigenvalue weighted by Gasteiger charge is -2.09. The molecule has 3 aromatic rings. The summed E-state index contributed by atoms with van der Waals surface area (Å²) in [6, 6.07) is 9.36. The summed E-state index contributed by atoms with van der Waals surface area (Å²) in [6.45, 7) is 0. The molecular weight excluding hydrogens is 398 g/mol. The maximum atomic E-state index is 12.4. The molecule has 1 aliphatic rings. The first-order chi connectivity index (χ1) is 13.7. The van der Waals surface area contributed by atoms with Crippen LogP contribution in [0.2, 0.25) is 5.02 Å². The van der Waals surface area contributed by atoms with Gasteiger partial charge in [-0.25, -0.2) is 0 Å². The quantitative estimate of drug-likeness (QED) is 0.586. The van der Waals surface area contributed by atoms with Crippen molar-refractivity contribution < 1.29 is 9.53 Å². The van der Waals surface area contributed by atoms with E-state index in [9.17, 15) is 4.79 Å². The molecule has 1 fully saturated rings. The Bertz CT molecular complexity index is 991. The molecule has 0 bridgehead atoms. The molecule has 2 aromatic heterocycles. The molecule has 1 amide bonds. The molecule has 144 valence electrons. The first-order valence-corrected chi connectivity index (χ1v) is 10.1. The average Bonchev–Trinajstić information content (AvgIpc) is 3.46. The number of ether oxygens (including phenoxy) is 1. The molecule has 1 saturated carbocycles. The van der Waals surface area contributed by atoms with E-state index in [1.807, 2.05) is 12.1 Å². The average molecular weight is 416 g/mol. The van der Waals surface area contributed by atoms with Gasteiger partial charge in [0.25, 0.3) is 0 Å². The number of thioether (sulfide) groups is 1. The van der Waals surface area contributed by atoms with E-state index in [1.54, 1.807) is 37.7 Å². The third-order valence-electron chi connectivity index (χ3n) is 4.26. The molecule has 0 radical (unpaired) electrons. The fourth-order valence-electron chi connectivity index (χ4n) is 2.80. The molecular formula is C19H18ClN5O2S. The second-order valence-corrected chi connectivity index (χ2v) is 7.68. The molecule has 0 spiro atoms. The minimum Gasteiger partial charge on any atom is -0.495 e. The Morgan fingerprint density at radius 1 is 1.36 bits per heavy atom. The van der Waals surface area contributed by atoms with Gasteiger partial charge < -0.3 is 10.1 Å². The maximum Gasteiger partial charge on any atom is 0.234 e. The lowest BCUT2D eigenvalue weighted by Crippen LogP contribution is -2.14. The number of methoxy groups -OCH3 is 1. The molecule has 0 atom stereocenters. The molecule has 0 saturated heterocycles. The van der Waals surface area contributed by atoms with E-state index in [0.717, 1.165) is 29.4 Å². The highest BCUT2D eigenvalue weighted by molar-refractivity contribution is 7.99. The van der Waals surface area contributed by atoms with Crippen LogP contribution in [0.15, 0.2) is 47.9 Å². The van der Waals surface area contributed by atoms with Crippen LogP contribution in [0.3, 0.4) is 0 Å². The lowest BCUT2D eigenvalue weighted by atomic mass is 10.3. The predicted molar refractivity (Wildman–Crippen MR) is 109 cm³/mol. The number of nitrogens with one attached hydrogen (secondary N) is 1. The molecule has 28 heavy (non-hydrogen) atoms. The summed E-state index contributed by atoms with van der Waals surface area (Å²) in [7, 11) is 1.55. The minimum atomic E-state index is -0.139. The monoisotopic (exact) mass is 415 g/mol. The number of pyridine rings is 1. The molecule has 1 aliphatic carbocycles. The number of carbonyl (C=O) groups is 1. The zero-order valence-electron chi connectivity index (χ0n) is 15.1. The van der Waals surface area contributed by atoms with Gasteiger partial charge >= 0.3 is 0 Å². The Morgan fingerprint density at radius 2 is 2.21 bits per heavy atom. The number of halogens is 1. The Labute approximate surface area is 171 Å². The second kappa shape index (κ2) is 8.20. The van der Waals surface area contributed by atoms with Crippen LogP contribution in [0.4, 0.5) is 5.69 Å². The molecule has 0 aliphatic heterocycles. The largest absolute Gasteiger partial charge is 0.495 e. The lowest BCUT2D eigenvalue weighted by molar-refractivity contribution is -0.113. The number of amides is 1. The number of hydrogen-bond acceptors (Lipinski definition) is 6. The highest BCUT2D eigenvalue weighted by Crippen LogP contribution is 2.41. The third-order valence-corrected chi connectivity index (χ3v) is 5.50. The smallest absolute Gasteiger partial charge is 0.234 e. The summed E-state index contributed by atoms with van der Waals surface area (Å²) >= 11 is 7.47. The summed E-state index contributed by atoms with van der Waals surface area (Å²) in [4.78, 5) is 16.5. The van der Waals surface area contributed by atoms with Crippen molar-refractivity contribution in [2.45, 2.75) is 24.0 Å². The van der Waals surface area contributed by atoms with Crippen molar-refractivity contribution in [3.63, 3.8) is 0 Å². The van der Waals surface area contributed by atoms with Gasteiger partial charge in [0.2, 0.25) is 5.91 Å². The number of nitrogens with zero attached hydrogens (tertiary/aromatic N) is 4. The van der Waals surface area contributed by atoms with Gasteiger partial charge in [-0.2, -0.15) is 0 Å². The first-order valence-electron chi connectivity index (χ1n) is 8.77. The van der Waals surface area contributed by atoms with E-state index in [-0.39, 0.29) is 11.7 Å². The molecule has 4 rings (SSSR count). The van der Waals surface area contributed by atoms with Crippen molar-refractivity contribution in [3.8, 4) is 17.1 Å². The van der Waals surface area contributed by atoms with Crippen molar-refractivity contribution in [2.24, 2.45) is 0 Å². The van der Waals surface area contributed by atoms with Gasteiger partial charge in [0.05, 0.1) is 17.9 Å². The number of aromatic nitrogens is 4. The van der Waals surface area contributed by atoms with Crippen LogP contribution >= 0.6 is 23.4 Å². The van der Waals surface area contributed by atoms with Crippen molar-refractivity contribution in [3.05, 3.63) is 47.7 Å². The summed E-state index contributed by atoms with van der Waals surface area (Å²) in [5.41, 5.74) is 1.54. The third kappa shape index (κ3) is 4.13. The fourth-order valence-corrected chi connectivity index (χ4v) is 3.86. The highest BCUT2D eigenvalue weighted by Gasteiger charge is 2.30. The standard InChI is InChI=1S/C19H18ClN5O2S/c1-27-16-7-4-13(9-15(16)20)22-17(26)11-28-19-24-23-18(25(19)14-5-6-14)12-3-2-8-21-10-12/h2-4,7-10,14H,5-6,11H2,1H3,(H,22,26). The summed E-state index contributed by atoms with van der Waals surface area (Å²) in [6.07, 6.45) is 5.69. The van der Waals surface area contributed by atoms with E-state index in [4.69, 9.17) is 16.3 Å². The zero-order valence-corrected chi connectivity index (χ0v) is 16.7. The fraction of sp³-hybridized carbons (Fsp3) is 0.263. The van der Waals surface area contributed by atoms with E-state index in [1.165, 1.54) is 11.8 Å². The van der Waals surface area contributed by atoms with Crippen LogP contribution < -0.4 is 10.1 Å². The van der Waals surface area contributed by atoms with Gasteiger partial charge in [-0.3, -0.25) is 14.3 Å².